The van der Waals surface area contributed by atoms with Gasteiger partial charge in [0.15, 0.2) is 5.78 Å². The number of carbonyl (C=O) groups is 2. The fraction of sp³-hybridized carbons (Fsp3) is 0.333. The third-order valence-electron chi connectivity index (χ3n) is 4.18. The molecule has 1 aromatic carbocycles. The summed E-state index contributed by atoms with van der Waals surface area (Å²) in [6.45, 7) is 1.83. The van der Waals surface area contributed by atoms with Gasteiger partial charge in [-0.1, -0.05) is 29.8 Å². The van der Waals surface area contributed by atoms with Crippen molar-refractivity contribution in [3.63, 3.8) is 0 Å². The predicted octanol–water partition coefficient (Wildman–Crippen LogP) is 2.26. The van der Waals surface area contributed by atoms with E-state index in [1.807, 2.05) is 13.0 Å². The van der Waals surface area contributed by atoms with Crippen molar-refractivity contribution in [2.45, 2.75) is 38.0 Å². The number of phenols is 2. The number of ether oxygens (including phenoxy) is 1. The molecule has 1 aromatic rings. The molecule has 2 aliphatic rings. The lowest BCUT2D eigenvalue weighted by Crippen LogP contribution is -2.34. The van der Waals surface area contributed by atoms with E-state index in [2.05, 4.69) is 5.32 Å². The van der Waals surface area contributed by atoms with Gasteiger partial charge in [-0.3, -0.25) is 9.59 Å². The largest absolute Gasteiger partial charge is 0.507 e. The summed E-state index contributed by atoms with van der Waals surface area (Å²) in [4.78, 5) is 24.7. The molecule has 3 atom stereocenters. The molecule has 2 heterocycles. The minimum Gasteiger partial charge on any atom is -0.507 e. The highest BCUT2D eigenvalue weighted by Crippen LogP contribution is 2.37. The quantitative estimate of drug-likeness (QED) is 0.614. The predicted molar refractivity (Wildman–Crippen MR) is 92.0 cm³/mol. The summed E-state index contributed by atoms with van der Waals surface area (Å²) in [5.74, 6) is -1.68. The zero-order valence-corrected chi connectivity index (χ0v) is 14.3. The fourth-order valence-corrected chi connectivity index (χ4v) is 3.11. The molecule has 1 fully saturated rings. The number of hydrogen-bond acceptors (Lipinski definition) is 5. The number of amides is 1. The molecule has 0 aromatic heterocycles. The van der Waals surface area contributed by atoms with Gasteiger partial charge in [0.25, 0.3) is 5.91 Å². The summed E-state index contributed by atoms with van der Waals surface area (Å²) in [7, 11) is 0. The first-order valence-electron chi connectivity index (χ1n) is 7.94. The maximum atomic E-state index is 12.6. The molecule has 132 valence electrons. The van der Waals surface area contributed by atoms with E-state index in [0.29, 0.717) is 6.42 Å². The summed E-state index contributed by atoms with van der Waals surface area (Å²) in [5.41, 5.74) is -0.00243. The Labute approximate surface area is 149 Å². The highest BCUT2D eigenvalue weighted by molar-refractivity contribution is 6.33. The van der Waals surface area contributed by atoms with Gasteiger partial charge in [-0.05, 0) is 25.0 Å². The zero-order valence-electron chi connectivity index (χ0n) is 13.5. The average molecular weight is 364 g/mol. The van der Waals surface area contributed by atoms with E-state index in [9.17, 15) is 19.8 Å². The highest BCUT2D eigenvalue weighted by atomic mass is 35.5. The van der Waals surface area contributed by atoms with Gasteiger partial charge in [0.2, 0.25) is 0 Å². The lowest BCUT2D eigenvalue weighted by molar-refractivity contribution is -0.114. The third kappa shape index (κ3) is 3.86. The second-order valence-electron chi connectivity index (χ2n) is 6.22. The second-order valence-corrected chi connectivity index (χ2v) is 6.60. The molecule has 0 aliphatic carbocycles. The Morgan fingerprint density at radius 1 is 1.24 bits per heavy atom. The second kappa shape index (κ2) is 6.90. The summed E-state index contributed by atoms with van der Waals surface area (Å²) >= 11 is 6.08. The van der Waals surface area contributed by atoms with Gasteiger partial charge in [-0.15, -0.1) is 0 Å². The Bertz CT molecular complexity index is 786. The first-order valence-corrected chi connectivity index (χ1v) is 8.32. The normalized spacial score (nSPS) is 26.4. The molecule has 1 saturated heterocycles. The van der Waals surface area contributed by atoms with E-state index in [0.717, 1.165) is 6.07 Å². The van der Waals surface area contributed by atoms with Crippen LogP contribution in [0.4, 0.5) is 0 Å². The van der Waals surface area contributed by atoms with Crippen LogP contribution in [-0.2, 0) is 16.0 Å². The standard InChI is InChI=1S/C18H18ClNO5/c1-9-6-15-14(25-15)5-3-2-4-10(21)7-11-16(18(24)20-9)12(22)8-13(23)17(11)19/h2-5,8-9,14-15,22-23H,6-7H2,1H3,(H,20,24)/t9-,14-,15-/m1/s1. The van der Waals surface area contributed by atoms with Crippen LogP contribution in [0.1, 0.15) is 29.3 Å². The highest BCUT2D eigenvalue weighted by Gasteiger charge is 2.37. The van der Waals surface area contributed by atoms with Gasteiger partial charge in [0.1, 0.15) is 17.6 Å². The van der Waals surface area contributed by atoms with Gasteiger partial charge in [0.05, 0.1) is 16.7 Å². The third-order valence-corrected chi connectivity index (χ3v) is 4.60. The molecule has 0 unspecified atom stereocenters. The number of ketones is 1. The zero-order chi connectivity index (χ0) is 18.1. The molecule has 0 spiro atoms. The first kappa shape index (κ1) is 17.5. The Kier molecular flexibility index (Phi) is 4.83. The number of carbonyl (C=O) groups excluding carboxylic acids is 2. The summed E-state index contributed by atoms with van der Waals surface area (Å²) in [6, 6.07) is 0.794. The molecule has 7 heteroatoms. The lowest BCUT2D eigenvalue weighted by atomic mass is 9.98. The van der Waals surface area contributed by atoms with Crippen molar-refractivity contribution < 1.29 is 24.5 Å². The van der Waals surface area contributed by atoms with E-state index < -0.39 is 11.7 Å². The number of phenolic OH excluding ortho intramolecular Hbond substituents is 2. The molecule has 0 saturated carbocycles. The number of allylic oxidation sites excluding steroid dienone is 3. The molecule has 0 bridgehead atoms. The van der Waals surface area contributed by atoms with E-state index in [4.69, 9.17) is 16.3 Å². The van der Waals surface area contributed by atoms with E-state index in [1.54, 1.807) is 12.2 Å². The van der Waals surface area contributed by atoms with E-state index in [1.165, 1.54) is 6.08 Å². The van der Waals surface area contributed by atoms with Crippen molar-refractivity contribution in [3.8, 4) is 11.5 Å². The Hall–Kier alpha value is -2.31. The van der Waals surface area contributed by atoms with Gasteiger partial charge in [0, 0.05) is 18.5 Å². The Balaban J connectivity index is 2.01. The van der Waals surface area contributed by atoms with Crippen molar-refractivity contribution >= 4 is 23.3 Å². The molecule has 0 radical (unpaired) electrons. The molecular weight excluding hydrogens is 346 g/mol. The van der Waals surface area contributed by atoms with Crippen LogP contribution in [-0.4, -0.2) is 40.2 Å². The van der Waals surface area contributed by atoms with Crippen molar-refractivity contribution in [2.24, 2.45) is 0 Å². The van der Waals surface area contributed by atoms with Crippen LogP contribution in [0.15, 0.2) is 30.4 Å². The number of fused-ring (bicyclic) bond motifs is 2. The van der Waals surface area contributed by atoms with Crippen LogP contribution in [0.2, 0.25) is 5.02 Å². The molecule has 25 heavy (non-hydrogen) atoms. The van der Waals surface area contributed by atoms with Gasteiger partial charge in [-0.25, -0.2) is 0 Å². The maximum Gasteiger partial charge on any atom is 0.255 e. The van der Waals surface area contributed by atoms with E-state index >= 15 is 0 Å². The number of epoxide rings is 1. The van der Waals surface area contributed by atoms with Crippen LogP contribution in [0.3, 0.4) is 0 Å². The van der Waals surface area contributed by atoms with Crippen LogP contribution >= 0.6 is 11.6 Å². The topological polar surface area (TPSA) is 99.2 Å². The number of halogens is 1. The Morgan fingerprint density at radius 2 is 2.00 bits per heavy atom. The monoisotopic (exact) mass is 363 g/mol. The number of benzene rings is 1. The molecule has 1 amide bonds. The first-order chi connectivity index (χ1) is 11.9. The molecule has 6 nitrogen and oxygen atoms in total. The van der Waals surface area contributed by atoms with Crippen LogP contribution in [0.5, 0.6) is 11.5 Å². The molecule has 2 aliphatic heterocycles. The van der Waals surface area contributed by atoms with Crippen LogP contribution < -0.4 is 5.32 Å². The number of rotatable bonds is 0. The van der Waals surface area contributed by atoms with Gasteiger partial charge < -0.3 is 20.3 Å². The SMILES string of the molecule is C[C@@H]1C[C@H]2O[C@@H]2C=CC=CC(=O)Cc2c(Cl)c(O)cc(O)c2C(=O)N1. The van der Waals surface area contributed by atoms with Crippen molar-refractivity contribution in [3.05, 3.63) is 46.5 Å². The summed E-state index contributed by atoms with van der Waals surface area (Å²) in [5, 5.41) is 22.6. The smallest absolute Gasteiger partial charge is 0.255 e. The fourth-order valence-electron chi connectivity index (χ4n) is 2.89. The summed E-state index contributed by atoms with van der Waals surface area (Å²) in [6.07, 6.45) is 6.92. The minimum atomic E-state index is -0.552. The lowest BCUT2D eigenvalue weighted by Gasteiger charge is -2.17. The van der Waals surface area contributed by atoms with Gasteiger partial charge in [-0.2, -0.15) is 0 Å². The van der Waals surface area contributed by atoms with Crippen molar-refractivity contribution in [1.82, 2.24) is 5.32 Å². The van der Waals surface area contributed by atoms with Crippen molar-refractivity contribution in [1.29, 1.82) is 0 Å². The number of aromatic hydroxyl groups is 2. The van der Waals surface area contributed by atoms with Crippen LogP contribution in [0.25, 0.3) is 0 Å². The van der Waals surface area contributed by atoms with Gasteiger partial charge >= 0.3 is 0 Å². The Morgan fingerprint density at radius 3 is 2.76 bits per heavy atom. The molecule has 3 N–H and O–H groups in total. The summed E-state index contributed by atoms with van der Waals surface area (Å²) < 4.78 is 5.49. The molecular formula is C18H18ClNO5. The number of hydrogen-bond donors (Lipinski definition) is 3. The number of nitrogens with one attached hydrogen (secondary N) is 1. The van der Waals surface area contributed by atoms with Crippen molar-refractivity contribution in [2.75, 3.05) is 0 Å². The molecule has 3 rings (SSSR count). The average Bonchev–Trinajstić information content (AvgIpc) is 3.25. The minimum absolute atomic E-state index is 0.00932. The van der Waals surface area contributed by atoms with Crippen LogP contribution in [0, 0.1) is 0 Å². The maximum absolute atomic E-state index is 12.6. The van der Waals surface area contributed by atoms with E-state index in [-0.39, 0.29) is 52.4 Å².